The van der Waals surface area contributed by atoms with Crippen LogP contribution in [0.4, 0.5) is 5.69 Å². The highest BCUT2D eigenvalue weighted by molar-refractivity contribution is 7.92. The van der Waals surface area contributed by atoms with Gasteiger partial charge in [-0.25, -0.2) is 8.42 Å². The van der Waals surface area contributed by atoms with Crippen LogP contribution in [-0.4, -0.2) is 20.9 Å². The number of carbonyl (C=O) groups is 1. The molecule has 0 heterocycles. The summed E-state index contributed by atoms with van der Waals surface area (Å²) in [6.07, 6.45) is 4.31. The standard InChI is InChI=1S/C29H36N2O3S/c1-4-6-12-24(5-2)21-30-29(32)27-15-10-11-16-28(27)31(22-25-13-8-7-9-14-25)35(33,34)26-19-17-23(3)18-20-26/h7-11,13-20,24H,4-6,12,21-22H2,1-3H3,(H,30,32). The Morgan fingerprint density at radius 3 is 2.23 bits per heavy atom. The van der Waals surface area contributed by atoms with Gasteiger partial charge in [0.1, 0.15) is 0 Å². The molecule has 0 aliphatic heterocycles. The molecule has 5 nitrogen and oxygen atoms in total. The second kappa shape index (κ2) is 12.5. The van der Waals surface area contributed by atoms with Gasteiger partial charge in [0, 0.05) is 6.54 Å². The van der Waals surface area contributed by atoms with Crippen molar-refractivity contribution in [1.82, 2.24) is 5.32 Å². The van der Waals surface area contributed by atoms with Gasteiger partial charge in [0.2, 0.25) is 0 Å². The summed E-state index contributed by atoms with van der Waals surface area (Å²) in [5, 5.41) is 3.06. The predicted molar refractivity (Wildman–Crippen MR) is 143 cm³/mol. The number of anilines is 1. The van der Waals surface area contributed by atoms with Crippen molar-refractivity contribution in [2.45, 2.75) is 57.9 Å². The van der Waals surface area contributed by atoms with Crippen LogP contribution in [0.15, 0.2) is 83.8 Å². The summed E-state index contributed by atoms with van der Waals surface area (Å²) in [6.45, 7) is 6.91. The number of hydrogen-bond acceptors (Lipinski definition) is 3. The second-order valence-electron chi connectivity index (χ2n) is 8.95. The van der Waals surface area contributed by atoms with Gasteiger partial charge in [-0.15, -0.1) is 0 Å². The molecule has 0 saturated carbocycles. The molecule has 3 rings (SSSR count). The Balaban J connectivity index is 1.98. The highest BCUT2D eigenvalue weighted by Gasteiger charge is 2.28. The Bertz CT molecular complexity index is 1190. The molecule has 0 spiro atoms. The van der Waals surface area contributed by atoms with Gasteiger partial charge in [-0.05, 0) is 49.1 Å². The molecule has 0 saturated heterocycles. The summed E-state index contributed by atoms with van der Waals surface area (Å²) in [5.74, 6) is 0.149. The first-order valence-electron chi connectivity index (χ1n) is 12.4. The van der Waals surface area contributed by atoms with Crippen LogP contribution >= 0.6 is 0 Å². The largest absolute Gasteiger partial charge is 0.352 e. The van der Waals surface area contributed by atoms with E-state index in [2.05, 4.69) is 19.2 Å². The zero-order chi connectivity index (χ0) is 25.3. The summed E-state index contributed by atoms with van der Waals surface area (Å²) >= 11 is 0. The number of carbonyl (C=O) groups excluding carboxylic acids is 1. The maximum Gasteiger partial charge on any atom is 0.264 e. The van der Waals surface area contributed by atoms with E-state index in [1.165, 1.54) is 4.31 Å². The Labute approximate surface area is 210 Å². The quantitative estimate of drug-likeness (QED) is 0.321. The average molecular weight is 493 g/mol. The summed E-state index contributed by atoms with van der Waals surface area (Å²) in [4.78, 5) is 13.5. The first-order chi connectivity index (χ1) is 16.9. The van der Waals surface area contributed by atoms with Crippen LogP contribution in [0, 0.1) is 12.8 Å². The van der Waals surface area contributed by atoms with Crippen molar-refractivity contribution in [2.75, 3.05) is 10.8 Å². The van der Waals surface area contributed by atoms with E-state index in [9.17, 15) is 13.2 Å². The number of amides is 1. The van der Waals surface area contributed by atoms with E-state index >= 15 is 0 Å². The zero-order valence-corrected chi connectivity index (χ0v) is 21.7. The van der Waals surface area contributed by atoms with Crippen LogP contribution in [0.1, 0.15) is 61.0 Å². The third-order valence-electron chi connectivity index (χ3n) is 6.29. The third kappa shape index (κ3) is 6.95. The number of nitrogens with one attached hydrogen (secondary N) is 1. The van der Waals surface area contributed by atoms with Crippen molar-refractivity contribution in [3.63, 3.8) is 0 Å². The lowest BCUT2D eigenvalue weighted by molar-refractivity contribution is 0.0946. The maximum atomic E-state index is 13.8. The van der Waals surface area contributed by atoms with Crippen LogP contribution in [-0.2, 0) is 16.6 Å². The van der Waals surface area contributed by atoms with Crippen molar-refractivity contribution in [2.24, 2.45) is 5.92 Å². The fourth-order valence-electron chi connectivity index (χ4n) is 4.05. The molecule has 1 amide bonds. The van der Waals surface area contributed by atoms with E-state index < -0.39 is 10.0 Å². The van der Waals surface area contributed by atoms with Gasteiger partial charge in [0.25, 0.3) is 15.9 Å². The Kier molecular flexibility index (Phi) is 9.49. The molecule has 1 atom stereocenters. The third-order valence-corrected chi connectivity index (χ3v) is 8.06. The molecule has 6 heteroatoms. The lowest BCUT2D eigenvalue weighted by Gasteiger charge is -2.27. The molecular weight excluding hydrogens is 456 g/mol. The fraction of sp³-hybridized carbons (Fsp3) is 0.345. The number of nitrogens with zero attached hydrogens (tertiary/aromatic N) is 1. The summed E-state index contributed by atoms with van der Waals surface area (Å²) in [5.41, 5.74) is 2.54. The summed E-state index contributed by atoms with van der Waals surface area (Å²) in [7, 11) is -3.92. The number of para-hydroxylation sites is 1. The second-order valence-corrected chi connectivity index (χ2v) is 10.8. The molecule has 35 heavy (non-hydrogen) atoms. The van der Waals surface area contributed by atoms with Gasteiger partial charge < -0.3 is 5.32 Å². The molecule has 0 aliphatic carbocycles. The predicted octanol–water partition coefficient (Wildman–Crippen LogP) is 6.34. The summed E-state index contributed by atoms with van der Waals surface area (Å²) in [6, 6.07) is 23.2. The molecule has 0 aromatic heterocycles. The zero-order valence-electron chi connectivity index (χ0n) is 20.9. The highest BCUT2D eigenvalue weighted by atomic mass is 32.2. The molecule has 0 aliphatic rings. The van der Waals surface area contributed by atoms with Crippen LogP contribution < -0.4 is 9.62 Å². The molecule has 0 radical (unpaired) electrons. The maximum absolute atomic E-state index is 13.8. The minimum Gasteiger partial charge on any atom is -0.352 e. The number of rotatable bonds is 12. The van der Waals surface area contributed by atoms with Crippen LogP contribution in [0.25, 0.3) is 0 Å². The van der Waals surface area contributed by atoms with Crippen molar-refractivity contribution in [3.05, 3.63) is 95.6 Å². The number of hydrogen-bond donors (Lipinski definition) is 1. The van der Waals surface area contributed by atoms with Crippen LogP contribution in [0.3, 0.4) is 0 Å². The van der Waals surface area contributed by atoms with Crippen molar-refractivity contribution in [3.8, 4) is 0 Å². The van der Waals surface area contributed by atoms with E-state index in [4.69, 9.17) is 0 Å². The van der Waals surface area contributed by atoms with Gasteiger partial charge in [-0.2, -0.15) is 0 Å². The first-order valence-corrected chi connectivity index (χ1v) is 13.8. The number of unbranched alkanes of at least 4 members (excludes halogenated alkanes) is 1. The Hall–Kier alpha value is -3.12. The van der Waals surface area contributed by atoms with E-state index in [0.717, 1.165) is 36.8 Å². The van der Waals surface area contributed by atoms with E-state index in [0.29, 0.717) is 23.7 Å². The molecule has 0 fully saturated rings. The number of benzene rings is 3. The van der Waals surface area contributed by atoms with Gasteiger partial charge in [0.15, 0.2) is 0 Å². The van der Waals surface area contributed by atoms with Gasteiger partial charge in [-0.1, -0.05) is 93.3 Å². The molecule has 0 bridgehead atoms. The minimum atomic E-state index is -3.92. The van der Waals surface area contributed by atoms with Crippen molar-refractivity contribution in [1.29, 1.82) is 0 Å². The normalized spacial score (nSPS) is 12.2. The molecular formula is C29H36N2O3S. The lowest BCUT2D eigenvalue weighted by atomic mass is 9.99. The monoisotopic (exact) mass is 492 g/mol. The average Bonchev–Trinajstić information content (AvgIpc) is 2.88. The van der Waals surface area contributed by atoms with Gasteiger partial charge in [-0.3, -0.25) is 9.10 Å². The molecule has 1 unspecified atom stereocenters. The Morgan fingerprint density at radius 1 is 0.914 bits per heavy atom. The van der Waals surface area contributed by atoms with E-state index in [1.807, 2.05) is 37.3 Å². The molecule has 3 aromatic carbocycles. The SMILES string of the molecule is CCCCC(CC)CNC(=O)c1ccccc1N(Cc1ccccc1)S(=O)(=O)c1ccc(C)cc1. The Morgan fingerprint density at radius 2 is 1.57 bits per heavy atom. The van der Waals surface area contributed by atoms with Gasteiger partial charge >= 0.3 is 0 Å². The highest BCUT2D eigenvalue weighted by Crippen LogP contribution is 2.29. The van der Waals surface area contributed by atoms with Crippen molar-refractivity contribution < 1.29 is 13.2 Å². The van der Waals surface area contributed by atoms with Gasteiger partial charge in [0.05, 0.1) is 22.7 Å². The number of sulfonamides is 1. The van der Waals surface area contributed by atoms with Crippen LogP contribution in [0.5, 0.6) is 0 Å². The molecule has 1 N–H and O–H groups in total. The number of aryl methyl sites for hydroxylation is 1. The summed E-state index contributed by atoms with van der Waals surface area (Å²) < 4.78 is 29.0. The first kappa shape index (κ1) is 26.5. The molecule has 186 valence electrons. The topological polar surface area (TPSA) is 66.5 Å². The van der Waals surface area contributed by atoms with Crippen LogP contribution in [0.2, 0.25) is 0 Å². The lowest BCUT2D eigenvalue weighted by Crippen LogP contribution is -2.34. The smallest absolute Gasteiger partial charge is 0.264 e. The van der Waals surface area contributed by atoms with Crippen molar-refractivity contribution >= 4 is 21.6 Å². The van der Waals surface area contributed by atoms with E-state index in [1.54, 1.807) is 48.5 Å². The fourth-order valence-corrected chi connectivity index (χ4v) is 5.52. The minimum absolute atomic E-state index is 0.120. The molecule has 3 aromatic rings. The van der Waals surface area contributed by atoms with E-state index in [-0.39, 0.29) is 17.3 Å².